The molecule has 1 unspecified atom stereocenters. The molecule has 22 heavy (non-hydrogen) atoms. The van der Waals surface area contributed by atoms with Gasteiger partial charge >= 0.3 is 5.97 Å². The van der Waals surface area contributed by atoms with Crippen LogP contribution >= 0.6 is 0 Å². The Morgan fingerprint density at radius 3 is 2.50 bits per heavy atom. The summed E-state index contributed by atoms with van der Waals surface area (Å²) in [6.45, 7) is 5.34. The van der Waals surface area contributed by atoms with Gasteiger partial charge in [-0.25, -0.2) is 0 Å². The smallest absolute Gasteiger partial charge is 0.307 e. The van der Waals surface area contributed by atoms with Gasteiger partial charge in [0.25, 0.3) is 0 Å². The van der Waals surface area contributed by atoms with Gasteiger partial charge in [-0.1, -0.05) is 6.92 Å². The molecule has 0 fully saturated rings. The molecule has 0 aromatic heterocycles. The standard InChI is InChI=1S/C17H20O5/c1-11(8-18)4-14-6-16-17(22-10-21-16)7-15(14)5-12(2)9-20-13(3)19/h6-9,11H,4-5,10H2,1-3H3. The molecule has 0 saturated heterocycles. The lowest BCUT2D eigenvalue weighted by molar-refractivity contribution is -0.135. The van der Waals surface area contributed by atoms with E-state index >= 15 is 0 Å². The van der Waals surface area contributed by atoms with Gasteiger partial charge in [0.2, 0.25) is 6.79 Å². The molecule has 1 atom stereocenters. The van der Waals surface area contributed by atoms with E-state index in [2.05, 4.69) is 0 Å². The summed E-state index contributed by atoms with van der Waals surface area (Å²) in [6.07, 6.45) is 3.65. The topological polar surface area (TPSA) is 61.8 Å². The lowest BCUT2D eigenvalue weighted by Crippen LogP contribution is -2.05. The van der Waals surface area contributed by atoms with Crippen molar-refractivity contribution in [3.63, 3.8) is 0 Å². The SMILES string of the molecule is CC(=O)OC=C(C)Cc1cc2c(cc1CC(C)C=O)OCO2. The molecule has 0 bridgehead atoms. The highest BCUT2D eigenvalue weighted by atomic mass is 16.7. The first kappa shape index (κ1) is 16.1. The van der Waals surface area contributed by atoms with E-state index in [9.17, 15) is 9.59 Å². The van der Waals surface area contributed by atoms with Crippen molar-refractivity contribution in [2.75, 3.05) is 6.79 Å². The van der Waals surface area contributed by atoms with Crippen LogP contribution in [0.5, 0.6) is 11.5 Å². The van der Waals surface area contributed by atoms with Crippen molar-refractivity contribution in [3.05, 3.63) is 35.1 Å². The number of hydrogen-bond acceptors (Lipinski definition) is 5. The molecule has 5 heteroatoms. The molecule has 1 aliphatic rings. The second-order valence-electron chi connectivity index (χ2n) is 5.54. The Balaban J connectivity index is 2.25. The molecule has 1 aliphatic heterocycles. The first-order valence-corrected chi connectivity index (χ1v) is 7.19. The highest BCUT2D eigenvalue weighted by Gasteiger charge is 2.18. The molecular formula is C17H20O5. The normalized spacial score (nSPS) is 14.6. The highest BCUT2D eigenvalue weighted by Crippen LogP contribution is 2.36. The minimum Gasteiger partial charge on any atom is -0.454 e. The number of rotatable bonds is 6. The van der Waals surface area contributed by atoms with Crippen molar-refractivity contribution < 1.29 is 23.8 Å². The summed E-state index contributed by atoms with van der Waals surface area (Å²) < 4.78 is 15.7. The van der Waals surface area contributed by atoms with Crippen LogP contribution in [0.4, 0.5) is 0 Å². The maximum atomic E-state index is 10.9. The number of esters is 1. The average molecular weight is 304 g/mol. The van der Waals surface area contributed by atoms with Gasteiger partial charge in [-0.2, -0.15) is 0 Å². The molecule has 0 saturated carbocycles. The maximum absolute atomic E-state index is 10.9. The summed E-state index contributed by atoms with van der Waals surface area (Å²) in [4.78, 5) is 21.8. The number of allylic oxidation sites excluding steroid dienone is 1. The zero-order chi connectivity index (χ0) is 16.1. The van der Waals surface area contributed by atoms with Crippen molar-refractivity contribution in [3.8, 4) is 11.5 Å². The van der Waals surface area contributed by atoms with E-state index in [1.807, 2.05) is 26.0 Å². The second-order valence-corrected chi connectivity index (χ2v) is 5.54. The van der Waals surface area contributed by atoms with E-state index in [4.69, 9.17) is 14.2 Å². The fraction of sp³-hybridized carbons (Fsp3) is 0.412. The van der Waals surface area contributed by atoms with Crippen molar-refractivity contribution in [2.45, 2.75) is 33.6 Å². The maximum Gasteiger partial charge on any atom is 0.307 e. The third kappa shape index (κ3) is 4.10. The monoisotopic (exact) mass is 304 g/mol. The Morgan fingerprint density at radius 2 is 1.91 bits per heavy atom. The van der Waals surface area contributed by atoms with Crippen molar-refractivity contribution in [1.29, 1.82) is 0 Å². The molecule has 0 spiro atoms. The van der Waals surface area contributed by atoms with Crippen LogP contribution in [-0.2, 0) is 27.2 Å². The molecule has 1 aromatic carbocycles. The third-order valence-corrected chi connectivity index (χ3v) is 3.36. The van der Waals surface area contributed by atoms with E-state index in [0.717, 1.165) is 23.0 Å². The third-order valence-electron chi connectivity index (χ3n) is 3.36. The minimum absolute atomic E-state index is 0.0723. The Bertz CT molecular complexity index is 603. The Morgan fingerprint density at radius 1 is 1.27 bits per heavy atom. The van der Waals surface area contributed by atoms with Gasteiger partial charge in [-0.05, 0) is 48.6 Å². The summed E-state index contributed by atoms with van der Waals surface area (Å²) in [6, 6.07) is 3.86. The van der Waals surface area contributed by atoms with Crippen molar-refractivity contribution in [1.82, 2.24) is 0 Å². The number of benzene rings is 1. The van der Waals surface area contributed by atoms with E-state index < -0.39 is 0 Å². The molecule has 1 heterocycles. The predicted octanol–water partition coefficient (Wildman–Crippen LogP) is 2.80. The molecule has 0 amide bonds. The van der Waals surface area contributed by atoms with E-state index in [0.29, 0.717) is 24.3 Å². The Labute approximate surface area is 129 Å². The van der Waals surface area contributed by atoms with Crippen LogP contribution in [0.15, 0.2) is 24.0 Å². The molecule has 118 valence electrons. The van der Waals surface area contributed by atoms with Gasteiger partial charge < -0.3 is 19.0 Å². The summed E-state index contributed by atoms with van der Waals surface area (Å²) in [5, 5.41) is 0. The molecule has 0 aliphatic carbocycles. The highest BCUT2D eigenvalue weighted by molar-refractivity contribution is 5.66. The lowest BCUT2D eigenvalue weighted by atomic mass is 9.93. The lowest BCUT2D eigenvalue weighted by Gasteiger charge is -2.13. The molecule has 1 aromatic rings. The number of fused-ring (bicyclic) bond motifs is 1. The van der Waals surface area contributed by atoms with E-state index in [1.165, 1.54) is 13.2 Å². The first-order valence-electron chi connectivity index (χ1n) is 7.19. The molecule has 0 radical (unpaired) electrons. The second kappa shape index (κ2) is 7.11. The van der Waals surface area contributed by atoms with Gasteiger partial charge in [0, 0.05) is 12.8 Å². The van der Waals surface area contributed by atoms with E-state index in [1.54, 1.807) is 0 Å². The summed E-state index contributed by atoms with van der Waals surface area (Å²) >= 11 is 0. The fourth-order valence-corrected chi connectivity index (χ4v) is 2.30. The van der Waals surface area contributed by atoms with Gasteiger partial charge in [-0.15, -0.1) is 0 Å². The summed E-state index contributed by atoms with van der Waals surface area (Å²) in [5.41, 5.74) is 2.99. The Kier molecular flexibility index (Phi) is 5.20. The number of ether oxygens (including phenoxy) is 3. The zero-order valence-corrected chi connectivity index (χ0v) is 13.0. The van der Waals surface area contributed by atoms with Crippen molar-refractivity contribution >= 4 is 12.3 Å². The number of hydrogen-bond donors (Lipinski definition) is 0. The predicted molar refractivity (Wildman–Crippen MR) is 80.7 cm³/mol. The molecule has 5 nitrogen and oxygen atoms in total. The number of carbonyl (C=O) groups is 2. The number of carbonyl (C=O) groups excluding carboxylic acids is 2. The van der Waals surface area contributed by atoms with Crippen LogP contribution in [0.1, 0.15) is 31.9 Å². The van der Waals surface area contributed by atoms with Crippen molar-refractivity contribution in [2.24, 2.45) is 5.92 Å². The van der Waals surface area contributed by atoms with Gasteiger partial charge in [-0.3, -0.25) is 4.79 Å². The number of aldehydes is 1. The average Bonchev–Trinajstić information content (AvgIpc) is 2.92. The summed E-state index contributed by atoms with van der Waals surface area (Å²) in [7, 11) is 0. The van der Waals surface area contributed by atoms with Gasteiger partial charge in [0.1, 0.15) is 6.29 Å². The van der Waals surface area contributed by atoms with Crippen LogP contribution in [0, 0.1) is 5.92 Å². The fourth-order valence-electron chi connectivity index (χ4n) is 2.30. The largest absolute Gasteiger partial charge is 0.454 e. The van der Waals surface area contributed by atoms with Crippen LogP contribution in [0.3, 0.4) is 0 Å². The molecule has 2 rings (SSSR count). The van der Waals surface area contributed by atoms with Gasteiger partial charge in [0.05, 0.1) is 6.26 Å². The van der Waals surface area contributed by atoms with Gasteiger partial charge in [0.15, 0.2) is 11.5 Å². The Hall–Kier alpha value is -2.30. The molecular weight excluding hydrogens is 284 g/mol. The van der Waals surface area contributed by atoms with Crippen LogP contribution in [0.25, 0.3) is 0 Å². The first-order chi connectivity index (χ1) is 10.5. The van der Waals surface area contributed by atoms with Crippen LogP contribution in [0.2, 0.25) is 0 Å². The molecule has 0 N–H and O–H groups in total. The summed E-state index contributed by atoms with van der Waals surface area (Å²) in [5.74, 6) is 0.993. The minimum atomic E-state index is -0.347. The quantitative estimate of drug-likeness (QED) is 0.459. The van der Waals surface area contributed by atoms with Crippen LogP contribution in [-0.4, -0.2) is 19.0 Å². The van der Waals surface area contributed by atoms with E-state index in [-0.39, 0.29) is 18.7 Å². The van der Waals surface area contributed by atoms with Crippen LogP contribution < -0.4 is 9.47 Å². The zero-order valence-electron chi connectivity index (χ0n) is 13.0.